The molecule has 5 heteroatoms. The molecule has 1 aliphatic carbocycles. The van der Waals surface area contributed by atoms with Gasteiger partial charge in [-0.25, -0.2) is 0 Å². The monoisotopic (exact) mass is 312 g/mol. The van der Waals surface area contributed by atoms with Crippen LogP contribution in [0.25, 0.3) is 0 Å². The van der Waals surface area contributed by atoms with Crippen LogP contribution in [0.15, 0.2) is 22.7 Å². The van der Waals surface area contributed by atoms with E-state index in [-0.39, 0.29) is 12.1 Å². The van der Waals surface area contributed by atoms with E-state index in [1.807, 2.05) is 0 Å². The lowest BCUT2D eigenvalue weighted by Crippen LogP contribution is -2.33. The lowest BCUT2D eigenvalue weighted by atomic mass is 9.93. The van der Waals surface area contributed by atoms with E-state index < -0.39 is 5.91 Å². The van der Waals surface area contributed by atoms with E-state index in [9.17, 15) is 4.79 Å². The Labute approximate surface area is 115 Å². The molecule has 0 saturated heterocycles. The van der Waals surface area contributed by atoms with Crippen molar-refractivity contribution in [1.29, 1.82) is 0 Å². The first-order chi connectivity index (χ1) is 8.56. The fourth-order valence-corrected chi connectivity index (χ4v) is 2.80. The number of amides is 1. The highest BCUT2D eigenvalue weighted by Gasteiger charge is 2.20. The second-order valence-corrected chi connectivity index (χ2v) is 5.53. The van der Waals surface area contributed by atoms with Crippen LogP contribution < -0.4 is 16.2 Å². The van der Waals surface area contributed by atoms with Crippen LogP contribution >= 0.6 is 15.9 Å². The van der Waals surface area contributed by atoms with E-state index in [1.165, 1.54) is 0 Å². The number of primary amides is 1. The third kappa shape index (κ3) is 3.23. The minimum absolute atomic E-state index is 0.167. The number of carbonyl (C=O) groups is 1. The molecule has 2 rings (SSSR count). The maximum absolute atomic E-state index is 11.1. The van der Waals surface area contributed by atoms with Gasteiger partial charge in [0.05, 0.1) is 5.56 Å². The van der Waals surface area contributed by atoms with Gasteiger partial charge in [-0.05, 0) is 59.8 Å². The lowest BCUT2D eigenvalue weighted by Gasteiger charge is -2.27. The summed E-state index contributed by atoms with van der Waals surface area (Å²) >= 11 is 3.32. The number of rotatable bonds is 3. The number of ether oxygens (including phenoxy) is 1. The SMILES string of the molecule is NC(=O)c1ccc(OC2CCCC(N)C2)cc1Br. The van der Waals surface area contributed by atoms with Crippen LogP contribution in [0.1, 0.15) is 36.0 Å². The summed E-state index contributed by atoms with van der Waals surface area (Å²) in [7, 11) is 0. The molecule has 18 heavy (non-hydrogen) atoms. The molecule has 98 valence electrons. The van der Waals surface area contributed by atoms with Crippen LogP contribution in [0.2, 0.25) is 0 Å². The molecular formula is C13H17BrN2O2. The van der Waals surface area contributed by atoms with Crippen LogP contribution in [0.5, 0.6) is 5.75 Å². The molecule has 1 aliphatic rings. The van der Waals surface area contributed by atoms with Crippen molar-refractivity contribution in [2.45, 2.75) is 37.8 Å². The van der Waals surface area contributed by atoms with Gasteiger partial charge in [0.25, 0.3) is 0 Å². The van der Waals surface area contributed by atoms with E-state index in [4.69, 9.17) is 16.2 Å². The van der Waals surface area contributed by atoms with Crippen LogP contribution in [-0.2, 0) is 0 Å². The summed E-state index contributed by atoms with van der Waals surface area (Å²) in [5, 5.41) is 0. The Morgan fingerprint density at radius 2 is 2.17 bits per heavy atom. The maximum Gasteiger partial charge on any atom is 0.249 e. The number of hydrogen-bond acceptors (Lipinski definition) is 3. The quantitative estimate of drug-likeness (QED) is 0.898. The molecule has 0 aliphatic heterocycles. The Balaban J connectivity index is 2.05. The van der Waals surface area contributed by atoms with Gasteiger partial charge in [0, 0.05) is 10.5 Å². The van der Waals surface area contributed by atoms with E-state index >= 15 is 0 Å². The molecule has 1 aromatic carbocycles. The van der Waals surface area contributed by atoms with Crippen molar-refractivity contribution in [3.63, 3.8) is 0 Å². The first-order valence-corrected chi connectivity index (χ1v) is 6.87. The Morgan fingerprint density at radius 1 is 1.39 bits per heavy atom. The van der Waals surface area contributed by atoms with E-state index in [0.717, 1.165) is 31.4 Å². The number of hydrogen-bond donors (Lipinski definition) is 2. The highest BCUT2D eigenvalue weighted by Crippen LogP contribution is 2.27. The van der Waals surface area contributed by atoms with Gasteiger partial charge in [-0.3, -0.25) is 4.79 Å². The molecule has 0 bridgehead atoms. The van der Waals surface area contributed by atoms with Crippen LogP contribution in [0.4, 0.5) is 0 Å². The average Bonchev–Trinajstić information content (AvgIpc) is 2.28. The largest absolute Gasteiger partial charge is 0.490 e. The van der Waals surface area contributed by atoms with Crippen molar-refractivity contribution in [3.05, 3.63) is 28.2 Å². The topological polar surface area (TPSA) is 78.3 Å². The van der Waals surface area contributed by atoms with Crippen molar-refractivity contribution < 1.29 is 9.53 Å². The van der Waals surface area contributed by atoms with Crippen molar-refractivity contribution in [3.8, 4) is 5.75 Å². The van der Waals surface area contributed by atoms with Crippen molar-refractivity contribution in [2.75, 3.05) is 0 Å². The zero-order chi connectivity index (χ0) is 13.1. The highest BCUT2D eigenvalue weighted by atomic mass is 79.9. The number of halogens is 1. The van der Waals surface area contributed by atoms with Gasteiger partial charge in [0.1, 0.15) is 11.9 Å². The molecule has 4 nitrogen and oxygen atoms in total. The van der Waals surface area contributed by atoms with E-state index in [0.29, 0.717) is 10.0 Å². The summed E-state index contributed by atoms with van der Waals surface area (Å²) in [6, 6.07) is 5.45. The molecule has 0 aromatic heterocycles. The molecule has 1 aromatic rings. The minimum atomic E-state index is -0.451. The molecule has 4 N–H and O–H groups in total. The summed E-state index contributed by atoms with van der Waals surface area (Å²) in [6.45, 7) is 0. The first kappa shape index (κ1) is 13.4. The van der Waals surface area contributed by atoms with Gasteiger partial charge in [-0.15, -0.1) is 0 Å². The summed E-state index contributed by atoms with van der Waals surface area (Å²) in [6.07, 6.45) is 4.26. The molecule has 2 atom stereocenters. The predicted molar refractivity (Wildman–Crippen MR) is 73.5 cm³/mol. The summed E-state index contributed by atoms with van der Waals surface area (Å²) in [5.41, 5.74) is 11.6. The Hall–Kier alpha value is -1.07. The fraction of sp³-hybridized carbons (Fsp3) is 0.462. The number of carbonyl (C=O) groups excluding carboxylic acids is 1. The van der Waals surface area contributed by atoms with Crippen molar-refractivity contribution in [1.82, 2.24) is 0 Å². The minimum Gasteiger partial charge on any atom is -0.490 e. The van der Waals surface area contributed by atoms with Gasteiger partial charge < -0.3 is 16.2 Å². The molecule has 1 amide bonds. The van der Waals surface area contributed by atoms with Crippen LogP contribution in [-0.4, -0.2) is 18.1 Å². The van der Waals surface area contributed by atoms with E-state index in [1.54, 1.807) is 18.2 Å². The zero-order valence-electron chi connectivity index (χ0n) is 10.1. The molecule has 0 spiro atoms. The predicted octanol–water partition coefficient (Wildman–Crippen LogP) is 2.20. The number of benzene rings is 1. The summed E-state index contributed by atoms with van der Waals surface area (Å²) < 4.78 is 6.54. The van der Waals surface area contributed by atoms with Crippen molar-refractivity contribution in [2.24, 2.45) is 11.5 Å². The third-order valence-electron chi connectivity index (χ3n) is 3.18. The molecular weight excluding hydrogens is 296 g/mol. The number of nitrogens with two attached hydrogens (primary N) is 2. The van der Waals surface area contributed by atoms with Gasteiger partial charge in [0.2, 0.25) is 5.91 Å². The van der Waals surface area contributed by atoms with Gasteiger partial charge in [-0.1, -0.05) is 0 Å². The standard InChI is InChI=1S/C13H17BrN2O2/c14-12-7-10(4-5-11(12)13(16)17)18-9-3-1-2-8(15)6-9/h4-5,7-9H,1-3,6,15H2,(H2,16,17). The molecule has 0 radical (unpaired) electrons. The van der Waals surface area contributed by atoms with Gasteiger partial charge in [-0.2, -0.15) is 0 Å². The zero-order valence-corrected chi connectivity index (χ0v) is 11.7. The molecule has 2 unspecified atom stereocenters. The van der Waals surface area contributed by atoms with Crippen molar-refractivity contribution >= 4 is 21.8 Å². The van der Waals surface area contributed by atoms with Gasteiger partial charge >= 0.3 is 0 Å². The van der Waals surface area contributed by atoms with Crippen LogP contribution in [0, 0.1) is 0 Å². The first-order valence-electron chi connectivity index (χ1n) is 6.08. The Kier molecular flexibility index (Phi) is 4.24. The second-order valence-electron chi connectivity index (χ2n) is 4.67. The second kappa shape index (κ2) is 5.71. The average molecular weight is 313 g/mol. The Morgan fingerprint density at radius 3 is 2.78 bits per heavy atom. The van der Waals surface area contributed by atoms with Crippen LogP contribution in [0.3, 0.4) is 0 Å². The summed E-state index contributed by atoms with van der Waals surface area (Å²) in [5.74, 6) is 0.291. The fourth-order valence-electron chi connectivity index (χ4n) is 2.25. The lowest BCUT2D eigenvalue weighted by molar-refractivity contribution is 0.0999. The van der Waals surface area contributed by atoms with Gasteiger partial charge in [0.15, 0.2) is 0 Å². The van der Waals surface area contributed by atoms with E-state index in [2.05, 4.69) is 15.9 Å². The molecule has 1 fully saturated rings. The summed E-state index contributed by atoms with van der Waals surface area (Å²) in [4.78, 5) is 11.1. The molecule has 1 saturated carbocycles. The molecule has 0 heterocycles. The third-order valence-corrected chi connectivity index (χ3v) is 3.83. The maximum atomic E-state index is 11.1. The normalized spacial score (nSPS) is 23.7. The highest BCUT2D eigenvalue weighted by molar-refractivity contribution is 9.10. The smallest absolute Gasteiger partial charge is 0.249 e. The Bertz CT molecular complexity index is 451.